The predicted molar refractivity (Wildman–Crippen MR) is 59.5 cm³/mol. The van der Waals surface area contributed by atoms with Crippen LogP contribution in [-0.2, 0) is 0 Å². The average Bonchev–Trinajstić information content (AvgIpc) is 2.72. The van der Waals surface area contributed by atoms with Crippen LogP contribution in [0.3, 0.4) is 0 Å². The summed E-state index contributed by atoms with van der Waals surface area (Å²) in [6.45, 7) is 0. The molecule has 0 saturated carbocycles. The largest absolute Gasteiger partial charge is 0.236 e. The van der Waals surface area contributed by atoms with E-state index in [9.17, 15) is 0 Å². The van der Waals surface area contributed by atoms with Crippen molar-refractivity contribution in [1.82, 2.24) is 24.7 Å². The van der Waals surface area contributed by atoms with Gasteiger partial charge in [-0.3, -0.25) is 0 Å². The number of rotatable bonds is 1. The second-order valence-corrected chi connectivity index (χ2v) is 3.49. The predicted octanol–water partition coefficient (Wildman–Crippen LogP) is 1.86. The molecule has 78 valence electrons. The summed E-state index contributed by atoms with van der Waals surface area (Å²) in [7, 11) is 0. The van der Waals surface area contributed by atoms with E-state index in [-0.39, 0.29) is 5.28 Å². The number of hydrogen-bond acceptors (Lipinski definition) is 4. The van der Waals surface area contributed by atoms with E-state index in [4.69, 9.17) is 11.6 Å². The minimum absolute atomic E-state index is 0.192. The molecule has 0 unspecified atom stereocenters. The van der Waals surface area contributed by atoms with E-state index < -0.39 is 0 Å². The van der Waals surface area contributed by atoms with Crippen molar-refractivity contribution in [3.8, 4) is 5.82 Å². The number of aromatic nitrogens is 5. The number of pyridine rings is 1. The second kappa shape index (κ2) is 3.53. The quantitative estimate of drug-likeness (QED) is 0.600. The molecule has 5 nitrogen and oxygen atoms in total. The molecule has 0 saturated heterocycles. The van der Waals surface area contributed by atoms with Gasteiger partial charge in [0.25, 0.3) is 0 Å². The first-order valence-electron chi connectivity index (χ1n) is 4.62. The minimum atomic E-state index is 0.192. The molecule has 0 radical (unpaired) electrons. The Morgan fingerprint density at radius 2 is 2.06 bits per heavy atom. The fraction of sp³-hybridized carbons (Fsp3) is 0. The van der Waals surface area contributed by atoms with Crippen LogP contribution in [0, 0.1) is 0 Å². The number of halogens is 1. The van der Waals surface area contributed by atoms with Gasteiger partial charge in [-0.05, 0) is 23.7 Å². The lowest BCUT2D eigenvalue weighted by atomic mass is 10.4. The van der Waals surface area contributed by atoms with Gasteiger partial charge in [-0.25, -0.2) is 9.97 Å². The zero-order chi connectivity index (χ0) is 11.0. The van der Waals surface area contributed by atoms with Crippen molar-refractivity contribution in [3.63, 3.8) is 0 Å². The van der Waals surface area contributed by atoms with Crippen LogP contribution in [0.4, 0.5) is 0 Å². The molecule has 0 aliphatic rings. The van der Waals surface area contributed by atoms with Gasteiger partial charge < -0.3 is 0 Å². The lowest BCUT2D eigenvalue weighted by Crippen LogP contribution is -2.00. The highest BCUT2D eigenvalue weighted by Gasteiger charge is 2.06. The van der Waals surface area contributed by atoms with Gasteiger partial charge in [0, 0.05) is 23.8 Å². The van der Waals surface area contributed by atoms with Crippen LogP contribution in [0.25, 0.3) is 16.9 Å². The van der Waals surface area contributed by atoms with Gasteiger partial charge in [0.2, 0.25) is 5.28 Å². The maximum atomic E-state index is 5.73. The van der Waals surface area contributed by atoms with Gasteiger partial charge in [0.15, 0.2) is 11.5 Å². The summed E-state index contributed by atoms with van der Waals surface area (Å²) in [6.07, 6.45) is 5.03. The highest BCUT2D eigenvalue weighted by molar-refractivity contribution is 6.28. The van der Waals surface area contributed by atoms with E-state index in [2.05, 4.69) is 20.1 Å². The molecular formula is C10H6ClN5. The molecule has 3 rings (SSSR count). The molecule has 0 aromatic carbocycles. The van der Waals surface area contributed by atoms with E-state index in [0.29, 0.717) is 5.82 Å². The summed E-state index contributed by atoms with van der Waals surface area (Å²) in [5.41, 5.74) is 0.747. The van der Waals surface area contributed by atoms with Gasteiger partial charge in [-0.2, -0.15) is 14.8 Å². The Bertz CT molecular complexity index is 648. The fourth-order valence-electron chi connectivity index (χ4n) is 1.47. The van der Waals surface area contributed by atoms with Crippen LogP contribution in [0.1, 0.15) is 0 Å². The smallest absolute Gasteiger partial charge is 0.224 e. The van der Waals surface area contributed by atoms with Crippen LogP contribution in [0.2, 0.25) is 5.28 Å². The molecule has 0 spiro atoms. The average molecular weight is 232 g/mol. The van der Waals surface area contributed by atoms with Crippen LogP contribution in [-0.4, -0.2) is 24.7 Å². The summed E-state index contributed by atoms with van der Waals surface area (Å²) in [4.78, 5) is 12.1. The molecule has 3 aromatic rings. The molecule has 0 aliphatic carbocycles. The SMILES string of the molecule is Clc1nccc(-n2ncc3cccnc32)n1. The highest BCUT2D eigenvalue weighted by Crippen LogP contribution is 2.14. The summed E-state index contributed by atoms with van der Waals surface area (Å²) in [5, 5.41) is 5.36. The first-order valence-corrected chi connectivity index (χ1v) is 5.00. The van der Waals surface area contributed by atoms with E-state index >= 15 is 0 Å². The van der Waals surface area contributed by atoms with Crippen molar-refractivity contribution in [3.05, 3.63) is 42.1 Å². The first kappa shape index (κ1) is 9.23. The molecule has 0 bridgehead atoms. The Kier molecular flexibility index (Phi) is 2.04. The van der Waals surface area contributed by atoms with Gasteiger partial charge in [-0.15, -0.1) is 0 Å². The molecule has 0 amide bonds. The molecule has 3 heterocycles. The second-order valence-electron chi connectivity index (χ2n) is 3.16. The van der Waals surface area contributed by atoms with E-state index in [1.807, 2.05) is 12.1 Å². The molecule has 0 atom stereocenters. The summed E-state index contributed by atoms with van der Waals surface area (Å²) >= 11 is 5.73. The zero-order valence-corrected chi connectivity index (χ0v) is 8.83. The third-order valence-electron chi connectivity index (χ3n) is 2.16. The first-order chi connectivity index (χ1) is 7.84. The topological polar surface area (TPSA) is 56.5 Å². The fourth-order valence-corrected chi connectivity index (χ4v) is 1.62. The van der Waals surface area contributed by atoms with Gasteiger partial charge >= 0.3 is 0 Å². The Hall–Kier alpha value is -2.01. The Morgan fingerprint density at radius 1 is 1.12 bits per heavy atom. The molecule has 0 N–H and O–H groups in total. The summed E-state index contributed by atoms with van der Waals surface area (Å²) in [5.74, 6) is 0.605. The van der Waals surface area contributed by atoms with Crippen molar-refractivity contribution >= 4 is 22.6 Å². The van der Waals surface area contributed by atoms with Crippen LogP contribution in [0.15, 0.2) is 36.8 Å². The van der Waals surface area contributed by atoms with E-state index in [0.717, 1.165) is 11.0 Å². The van der Waals surface area contributed by atoms with Gasteiger partial charge in [-0.1, -0.05) is 0 Å². The van der Waals surface area contributed by atoms with Crippen LogP contribution in [0.5, 0.6) is 0 Å². The Labute approximate surface area is 95.7 Å². The van der Waals surface area contributed by atoms with Gasteiger partial charge in [0.1, 0.15) is 0 Å². The lowest BCUT2D eigenvalue weighted by Gasteiger charge is -2.00. The summed E-state index contributed by atoms with van der Waals surface area (Å²) in [6, 6.07) is 5.53. The van der Waals surface area contributed by atoms with Crippen LogP contribution >= 0.6 is 11.6 Å². The lowest BCUT2D eigenvalue weighted by molar-refractivity contribution is 0.855. The van der Waals surface area contributed by atoms with E-state index in [1.165, 1.54) is 0 Å². The Morgan fingerprint density at radius 3 is 2.94 bits per heavy atom. The van der Waals surface area contributed by atoms with Gasteiger partial charge in [0.05, 0.1) is 6.20 Å². The molecule has 0 aliphatic heterocycles. The molecule has 16 heavy (non-hydrogen) atoms. The number of nitrogens with zero attached hydrogens (tertiary/aromatic N) is 5. The van der Waals surface area contributed by atoms with Crippen molar-refractivity contribution < 1.29 is 0 Å². The van der Waals surface area contributed by atoms with Crippen molar-refractivity contribution in [2.45, 2.75) is 0 Å². The van der Waals surface area contributed by atoms with Crippen molar-refractivity contribution in [1.29, 1.82) is 0 Å². The third kappa shape index (κ3) is 1.42. The maximum Gasteiger partial charge on any atom is 0.224 e. The molecular weight excluding hydrogens is 226 g/mol. The third-order valence-corrected chi connectivity index (χ3v) is 2.34. The normalized spacial score (nSPS) is 10.8. The van der Waals surface area contributed by atoms with Crippen LogP contribution < -0.4 is 0 Å². The molecule has 3 aromatic heterocycles. The number of fused-ring (bicyclic) bond motifs is 1. The highest BCUT2D eigenvalue weighted by atomic mass is 35.5. The molecule has 6 heteroatoms. The summed E-state index contributed by atoms with van der Waals surface area (Å²) < 4.78 is 1.63. The van der Waals surface area contributed by atoms with Crippen molar-refractivity contribution in [2.75, 3.05) is 0 Å². The molecule has 0 fully saturated rings. The Balaban J connectivity index is 2.26. The van der Waals surface area contributed by atoms with Crippen molar-refractivity contribution in [2.24, 2.45) is 0 Å². The zero-order valence-electron chi connectivity index (χ0n) is 8.08. The number of hydrogen-bond donors (Lipinski definition) is 0. The van der Waals surface area contributed by atoms with E-state index in [1.54, 1.807) is 29.3 Å². The maximum absolute atomic E-state index is 5.73. The standard InChI is InChI=1S/C10H6ClN5/c11-10-13-5-3-8(15-10)16-9-7(6-14-16)2-1-4-12-9/h1-6H. The minimum Gasteiger partial charge on any atom is -0.236 e. The monoisotopic (exact) mass is 231 g/mol.